The summed E-state index contributed by atoms with van der Waals surface area (Å²) in [5, 5.41) is 0. The van der Waals surface area contributed by atoms with E-state index in [4.69, 9.17) is 29.9 Å². The third-order valence-electron chi connectivity index (χ3n) is 14.2. The van der Waals surface area contributed by atoms with Crippen LogP contribution in [-0.2, 0) is 5.41 Å². The molecular formula is C69H47F3N6. The van der Waals surface area contributed by atoms with Crippen molar-refractivity contribution in [1.29, 1.82) is 0 Å². The van der Waals surface area contributed by atoms with Crippen LogP contribution in [0.5, 0.6) is 0 Å². The minimum absolute atomic E-state index is 0.0495. The van der Waals surface area contributed by atoms with Crippen molar-refractivity contribution in [3.05, 3.63) is 278 Å². The van der Waals surface area contributed by atoms with Crippen molar-refractivity contribution in [3.63, 3.8) is 0 Å². The van der Waals surface area contributed by atoms with Crippen LogP contribution in [-0.4, -0.2) is 36.1 Å². The molecule has 0 saturated carbocycles. The van der Waals surface area contributed by atoms with Crippen LogP contribution in [0.15, 0.2) is 267 Å². The van der Waals surface area contributed by atoms with Crippen LogP contribution >= 0.6 is 0 Å². The van der Waals surface area contributed by atoms with Gasteiger partial charge in [-0.2, -0.15) is 13.2 Å². The molecule has 10 aromatic carbocycles. The topological polar surface area (TPSA) is 77.3 Å². The smallest absolute Gasteiger partial charge is 0.208 e. The standard InChI is InChI=1S/C69H47F3N6/c1-68(69(70,71)72,60-38-34-50(35-39-60)62-73-64(56-30-14-26-52(42-56)46-18-6-2-7-19-46)77-65(74-62)57-31-15-27-53(43-57)47-20-8-3-9-21-47)61-40-36-51(37-41-61)63-75-66(58-32-16-28-54(44-58)48-22-10-4-11-23-48)78-67(76-63)59-33-17-29-55(45-59)49-24-12-5-13-25-49/h2-45H,1H3. The number of nitrogens with zero attached hydrogens (tertiary/aromatic N) is 6. The third-order valence-corrected chi connectivity index (χ3v) is 14.2. The van der Waals surface area contributed by atoms with Gasteiger partial charge in [-0.1, -0.05) is 243 Å². The molecule has 0 fully saturated rings. The fraction of sp³-hybridized carbons (Fsp3) is 0.0435. The van der Waals surface area contributed by atoms with E-state index in [1.54, 1.807) is 24.3 Å². The molecule has 0 aliphatic heterocycles. The molecule has 12 rings (SSSR count). The first-order valence-electron chi connectivity index (χ1n) is 25.6. The summed E-state index contributed by atoms with van der Waals surface area (Å²) in [6.07, 6.45) is -4.70. The third kappa shape index (κ3) is 10.0. The Kier molecular flexibility index (Phi) is 13.1. The van der Waals surface area contributed by atoms with Gasteiger partial charge in [0, 0.05) is 33.4 Å². The van der Waals surface area contributed by atoms with Crippen LogP contribution in [0.1, 0.15) is 18.1 Å². The van der Waals surface area contributed by atoms with E-state index < -0.39 is 11.6 Å². The Bertz CT molecular complexity index is 3600. The number of halogens is 3. The second-order valence-corrected chi connectivity index (χ2v) is 19.2. The predicted molar refractivity (Wildman–Crippen MR) is 307 cm³/mol. The van der Waals surface area contributed by atoms with Crippen LogP contribution in [0.25, 0.3) is 113 Å². The summed E-state index contributed by atoms with van der Waals surface area (Å²) in [6.45, 7) is 1.22. The normalized spacial score (nSPS) is 11.6. The van der Waals surface area contributed by atoms with Crippen molar-refractivity contribution in [1.82, 2.24) is 29.9 Å². The molecule has 2 aromatic heterocycles. The van der Waals surface area contributed by atoms with Gasteiger partial charge < -0.3 is 0 Å². The number of hydrogen-bond acceptors (Lipinski definition) is 6. The van der Waals surface area contributed by atoms with E-state index in [2.05, 4.69) is 0 Å². The monoisotopic (exact) mass is 1020 g/mol. The summed E-state index contributed by atoms with van der Waals surface area (Å²) in [7, 11) is 0. The van der Waals surface area contributed by atoms with Crippen LogP contribution in [0, 0.1) is 0 Å². The van der Waals surface area contributed by atoms with Crippen LogP contribution in [0.4, 0.5) is 13.2 Å². The van der Waals surface area contributed by atoms with Gasteiger partial charge in [0.15, 0.2) is 34.9 Å². The number of rotatable bonds is 12. The van der Waals surface area contributed by atoms with Crippen molar-refractivity contribution in [3.8, 4) is 113 Å². The maximum Gasteiger partial charge on any atom is 0.402 e. The molecule has 0 bridgehead atoms. The number of benzene rings is 10. The molecule has 0 amide bonds. The lowest BCUT2D eigenvalue weighted by molar-refractivity contribution is -0.173. The molecule has 0 radical (unpaired) electrons. The van der Waals surface area contributed by atoms with Gasteiger partial charge in [-0.05, 0) is 86.8 Å². The van der Waals surface area contributed by atoms with E-state index in [1.165, 1.54) is 31.2 Å². The van der Waals surface area contributed by atoms with E-state index >= 15 is 13.2 Å². The van der Waals surface area contributed by atoms with Crippen molar-refractivity contribution in [2.24, 2.45) is 0 Å². The zero-order valence-electron chi connectivity index (χ0n) is 42.2. The Balaban J connectivity index is 0.911. The minimum Gasteiger partial charge on any atom is -0.208 e. The first-order chi connectivity index (χ1) is 38.1. The van der Waals surface area contributed by atoms with Gasteiger partial charge in [0.05, 0.1) is 0 Å². The van der Waals surface area contributed by atoms with E-state index in [0.717, 1.165) is 66.8 Å². The lowest BCUT2D eigenvalue weighted by Crippen LogP contribution is -2.40. The van der Waals surface area contributed by atoms with Crippen molar-refractivity contribution >= 4 is 0 Å². The van der Waals surface area contributed by atoms with Gasteiger partial charge in [0.1, 0.15) is 5.41 Å². The highest BCUT2D eigenvalue weighted by atomic mass is 19.4. The summed E-state index contributed by atoms with van der Waals surface area (Å²) in [5.74, 6) is 2.37. The average molecular weight is 1020 g/mol. The molecular weight excluding hydrogens is 970 g/mol. The minimum atomic E-state index is -4.70. The van der Waals surface area contributed by atoms with E-state index in [1.807, 2.05) is 218 Å². The summed E-state index contributed by atoms with van der Waals surface area (Å²) < 4.78 is 47.5. The quantitative estimate of drug-likeness (QED) is 0.121. The molecule has 78 heavy (non-hydrogen) atoms. The van der Waals surface area contributed by atoms with Crippen LogP contribution in [0.2, 0.25) is 0 Å². The lowest BCUT2D eigenvalue weighted by atomic mass is 9.75. The number of hydrogen-bond donors (Lipinski definition) is 0. The molecule has 0 aliphatic carbocycles. The number of aromatic nitrogens is 6. The summed E-state index contributed by atoms with van der Waals surface area (Å²) >= 11 is 0. The molecule has 0 atom stereocenters. The highest BCUT2D eigenvalue weighted by molar-refractivity contribution is 5.77. The highest BCUT2D eigenvalue weighted by Crippen LogP contribution is 2.47. The molecule has 0 unspecified atom stereocenters. The molecule has 0 saturated heterocycles. The fourth-order valence-electron chi connectivity index (χ4n) is 9.80. The average Bonchev–Trinajstić information content (AvgIpc) is 3.60. The Morgan fingerprint density at radius 3 is 0.654 bits per heavy atom. The second kappa shape index (κ2) is 21.0. The zero-order chi connectivity index (χ0) is 53.1. The van der Waals surface area contributed by atoms with Gasteiger partial charge in [0.25, 0.3) is 0 Å². The van der Waals surface area contributed by atoms with Crippen molar-refractivity contribution in [2.75, 3.05) is 0 Å². The fourth-order valence-corrected chi connectivity index (χ4v) is 9.80. The SMILES string of the molecule is CC(c1ccc(-c2nc(-c3cccc(-c4ccccc4)c3)nc(-c3cccc(-c4ccccc4)c3)n2)cc1)(c1ccc(-c2nc(-c3cccc(-c4ccccc4)c3)nc(-c3cccc(-c4ccccc4)c3)n2)cc1)C(F)(F)F. The van der Waals surface area contributed by atoms with Gasteiger partial charge in [-0.15, -0.1) is 0 Å². The molecule has 9 heteroatoms. The molecule has 12 aromatic rings. The summed E-state index contributed by atoms with van der Waals surface area (Å²) in [4.78, 5) is 29.9. The zero-order valence-corrected chi connectivity index (χ0v) is 42.2. The van der Waals surface area contributed by atoms with Crippen molar-refractivity contribution < 1.29 is 13.2 Å². The second-order valence-electron chi connectivity index (χ2n) is 19.2. The van der Waals surface area contributed by atoms with Gasteiger partial charge in [0.2, 0.25) is 0 Å². The molecule has 6 nitrogen and oxygen atoms in total. The van der Waals surface area contributed by atoms with E-state index in [9.17, 15) is 0 Å². The van der Waals surface area contributed by atoms with Gasteiger partial charge >= 0.3 is 6.18 Å². The van der Waals surface area contributed by atoms with E-state index in [0.29, 0.717) is 46.1 Å². The summed E-state index contributed by atoms with van der Waals surface area (Å²) in [6, 6.07) is 84.9. The molecule has 2 heterocycles. The van der Waals surface area contributed by atoms with E-state index in [-0.39, 0.29) is 11.1 Å². The molecule has 0 N–H and O–H groups in total. The Labute approximate surface area is 450 Å². The Morgan fingerprint density at radius 1 is 0.218 bits per heavy atom. The first kappa shape index (κ1) is 48.9. The highest BCUT2D eigenvalue weighted by Gasteiger charge is 2.53. The van der Waals surface area contributed by atoms with Gasteiger partial charge in [-0.3, -0.25) is 0 Å². The molecule has 0 spiro atoms. The van der Waals surface area contributed by atoms with Crippen LogP contribution in [0.3, 0.4) is 0 Å². The van der Waals surface area contributed by atoms with Gasteiger partial charge in [-0.25, -0.2) is 29.9 Å². The largest absolute Gasteiger partial charge is 0.402 e. The van der Waals surface area contributed by atoms with Crippen LogP contribution < -0.4 is 0 Å². The number of alkyl halides is 3. The first-order valence-corrected chi connectivity index (χ1v) is 25.6. The predicted octanol–water partition coefficient (Wildman–Crippen LogP) is 17.6. The maximum atomic E-state index is 15.8. The lowest BCUT2D eigenvalue weighted by Gasteiger charge is -2.33. The summed E-state index contributed by atoms with van der Waals surface area (Å²) in [5.41, 5.74) is 9.94. The maximum absolute atomic E-state index is 15.8. The molecule has 374 valence electrons. The molecule has 0 aliphatic rings. The van der Waals surface area contributed by atoms with Crippen molar-refractivity contribution in [2.45, 2.75) is 18.5 Å². The Hall–Kier alpha value is -9.99. The Morgan fingerprint density at radius 2 is 0.423 bits per heavy atom.